The van der Waals surface area contributed by atoms with Crippen molar-refractivity contribution in [3.8, 4) is 0 Å². The Kier molecular flexibility index (Phi) is 5.34. The van der Waals surface area contributed by atoms with Crippen molar-refractivity contribution in [1.82, 2.24) is 5.32 Å². The molecule has 0 aliphatic heterocycles. The van der Waals surface area contributed by atoms with E-state index in [0.717, 1.165) is 19.3 Å². The first-order valence-electron chi connectivity index (χ1n) is 6.92. The molecule has 0 saturated heterocycles. The predicted octanol–water partition coefficient (Wildman–Crippen LogP) is 0.311. The second-order valence-corrected chi connectivity index (χ2v) is 5.41. The summed E-state index contributed by atoms with van der Waals surface area (Å²) in [7, 11) is 0. The number of aliphatic hydroxyl groups excluding tert-OH is 3. The zero-order chi connectivity index (χ0) is 13.7. The molecule has 0 bridgehead atoms. The lowest BCUT2D eigenvalue weighted by Crippen LogP contribution is -2.51. The Morgan fingerprint density at radius 2 is 1.74 bits per heavy atom. The van der Waals surface area contributed by atoms with Gasteiger partial charge in [0.25, 0.3) is 0 Å². The maximum atomic E-state index is 9.46. The van der Waals surface area contributed by atoms with Crippen molar-refractivity contribution in [2.75, 3.05) is 13.2 Å². The lowest BCUT2D eigenvalue weighted by molar-refractivity contribution is 0.0182. The molecule has 1 aromatic rings. The van der Waals surface area contributed by atoms with E-state index in [0.29, 0.717) is 5.92 Å². The molecule has 1 aliphatic rings. The minimum Gasteiger partial charge on any atom is -0.395 e. The summed E-state index contributed by atoms with van der Waals surface area (Å²) in [5.74, 6) is 0.413. The normalized spacial score (nSPS) is 24.2. The van der Waals surface area contributed by atoms with Gasteiger partial charge < -0.3 is 20.6 Å². The van der Waals surface area contributed by atoms with Gasteiger partial charge >= 0.3 is 0 Å². The number of nitrogens with one attached hydrogen (secondary N) is 1. The fourth-order valence-electron chi connectivity index (χ4n) is 2.65. The molecule has 0 amide bonds. The van der Waals surface area contributed by atoms with Crippen LogP contribution < -0.4 is 5.32 Å². The highest BCUT2D eigenvalue weighted by molar-refractivity contribution is 5.16. The molecule has 0 heterocycles. The number of hydrogen-bond donors (Lipinski definition) is 4. The summed E-state index contributed by atoms with van der Waals surface area (Å²) in [6, 6.07) is 10.1. The van der Waals surface area contributed by atoms with Gasteiger partial charge in [0.1, 0.15) is 0 Å². The van der Waals surface area contributed by atoms with Crippen LogP contribution in [0.15, 0.2) is 30.3 Å². The topological polar surface area (TPSA) is 72.7 Å². The van der Waals surface area contributed by atoms with E-state index in [4.69, 9.17) is 0 Å². The average molecular weight is 265 g/mol. The first-order valence-corrected chi connectivity index (χ1v) is 6.92. The van der Waals surface area contributed by atoms with Crippen LogP contribution in [0.4, 0.5) is 0 Å². The molecule has 4 heteroatoms. The van der Waals surface area contributed by atoms with Gasteiger partial charge in [0.05, 0.1) is 25.4 Å². The summed E-state index contributed by atoms with van der Waals surface area (Å²) in [4.78, 5) is 0. The van der Waals surface area contributed by atoms with Crippen LogP contribution in [0.25, 0.3) is 0 Å². The highest BCUT2D eigenvalue weighted by atomic mass is 16.3. The number of hydrogen-bond acceptors (Lipinski definition) is 4. The fraction of sp³-hybridized carbons (Fsp3) is 0.600. The molecule has 1 saturated carbocycles. The van der Waals surface area contributed by atoms with Gasteiger partial charge in [-0.05, 0) is 30.7 Å². The largest absolute Gasteiger partial charge is 0.395 e. The Morgan fingerprint density at radius 3 is 2.26 bits per heavy atom. The smallest absolute Gasteiger partial charge is 0.0607 e. The zero-order valence-electron chi connectivity index (χ0n) is 11.1. The van der Waals surface area contributed by atoms with Crippen LogP contribution in [0.2, 0.25) is 0 Å². The van der Waals surface area contributed by atoms with Gasteiger partial charge in [-0.3, -0.25) is 0 Å². The molecule has 0 unspecified atom stereocenters. The van der Waals surface area contributed by atoms with Crippen molar-refractivity contribution >= 4 is 0 Å². The summed E-state index contributed by atoms with van der Waals surface area (Å²) < 4.78 is 0. The van der Waals surface area contributed by atoms with Crippen LogP contribution in [0.1, 0.15) is 18.4 Å². The van der Waals surface area contributed by atoms with E-state index in [1.807, 2.05) is 18.2 Å². The van der Waals surface area contributed by atoms with Crippen LogP contribution >= 0.6 is 0 Å². The van der Waals surface area contributed by atoms with Crippen LogP contribution in [0.5, 0.6) is 0 Å². The summed E-state index contributed by atoms with van der Waals surface area (Å²) in [6.45, 7) is -0.145. The maximum Gasteiger partial charge on any atom is 0.0607 e. The Bertz CT molecular complexity index is 361. The predicted molar refractivity (Wildman–Crippen MR) is 73.8 cm³/mol. The SMILES string of the molecule is OCC(CO)N[C@@H](Cc1ccccc1)C1CC(O)C1. The van der Waals surface area contributed by atoms with E-state index in [-0.39, 0.29) is 31.4 Å². The Hall–Kier alpha value is -0.940. The molecule has 19 heavy (non-hydrogen) atoms. The van der Waals surface area contributed by atoms with Gasteiger partial charge in [0.2, 0.25) is 0 Å². The molecule has 1 atom stereocenters. The third-order valence-corrected chi connectivity index (χ3v) is 3.91. The standard InChI is InChI=1S/C15H23NO3/c17-9-13(10-18)16-15(12-7-14(19)8-12)6-11-4-2-1-3-5-11/h1-5,12-19H,6-10H2/t12?,14?,15-/m0/s1. The van der Waals surface area contributed by atoms with E-state index < -0.39 is 0 Å². The molecule has 106 valence electrons. The molecule has 0 spiro atoms. The average Bonchev–Trinajstić information content (AvgIpc) is 2.41. The molecular formula is C15H23NO3. The van der Waals surface area contributed by atoms with E-state index >= 15 is 0 Å². The lowest BCUT2D eigenvalue weighted by atomic mass is 9.75. The molecule has 2 rings (SSSR count). The van der Waals surface area contributed by atoms with Gasteiger partial charge in [-0.1, -0.05) is 30.3 Å². The van der Waals surface area contributed by atoms with Gasteiger partial charge in [-0.15, -0.1) is 0 Å². The molecule has 0 aromatic heterocycles. The zero-order valence-corrected chi connectivity index (χ0v) is 11.1. The van der Waals surface area contributed by atoms with Crippen LogP contribution in [0.3, 0.4) is 0 Å². The summed E-state index contributed by atoms with van der Waals surface area (Å²) in [5.41, 5.74) is 1.23. The highest BCUT2D eigenvalue weighted by Crippen LogP contribution is 2.31. The highest BCUT2D eigenvalue weighted by Gasteiger charge is 2.34. The molecule has 1 aliphatic carbocycles. The Labute approximate surface area is 114 Å². The Balaban J connectivity index is 1.97. The van der Waals surface area contributed by atoms with Crippen LogP contribution in [-0.4, -0.2) is 46.7 Å². The first-order chi connectivity index (χ1) is 9.22. The number of aliphatic hydroxyl groups is 3. The third-order valence-electron chi connectivity index (χ3n) is 3.91. The second-order valence-electron chi connectivity index (χ2n) is 5.41. The molecule has 1 fully saturated rings. The minimum atomic E-state index is -0.286. The van der Waals surface area contributed by atoms with Crippen molar-refractivity contribution in [1.29, 1.82) is 0 Å². The van der Waals surface area contributed by atoms with Crippen molar-refractivity contribution in [2.45, 2.75) is 37.5 Å². The maximum absolute atomic E-state index is 9.46. The summed E-state index contributed by atoms with van der Waals surface area (Å²) in [5, 5.41) is 31.2. The van der Waals surface area contributed by atoms with Gasteiger partial charge in [0.15, 0.2) is 0 Å². The van der Waals surface area contributed by atoms with E-state index in [1.165, 1.54) is 5.56 Å². The van der Waals surface area contributed by atoms with Crippen LogP contribution in [-0.2, 0) is 6.42 Å². The molecule has 1 aromatic carbocycles. The molecule has 0 radical (unpaired) electrons. The third kappa shape index (κ3) is 4.01. The Morgan fingerprint density at radius 1 is 1.11 bits per heavy atom. The van der Waals surface area contributed by atoms with Gasteiger partial charge in [0, 0.05) is 6.04 Å². The fourth-order valence-corrected chi connectivity index (χ4v) is 2.65. The summed E-state index contributed by atoms with van der Waals surface area (Å²) in [6.07, 6.45) is 2.27. The first kappa shape index (κ1) is 14.5. The molecular weight excluding hydrogens is 242 g/mol. The van der Waals surface area contributed by atoms with Crippen molar-refractivity contribution in [2.24, 2.45) is 5.92 Å². The van der Waals surface area contributed by atoms with E-state index in [9.17, 15) is 15.3 Å². The van der Waals surface area contributed by atoms with Crippen LogP contribution in [0, 0.1) is 5.92 Å². The van der Waals surface area contributed by atoms with E-state index in [2.05, 4.69) is 17.4 Å². The van der Waals surface area contributed by atoms with Crippen molar-refractivity contribution in [3.63, 3.8) is 0 Å². The second kappa shape index (κ2) is 7.01. The number of benzene rings is 1. The van der Waals surface area contributed by atoms with E-state index in [1.54, 1.807) is 0 Å². The van der Waals surface area contributed by atoms with Gasteiger partial charge in [-0.25, -0.2) is 0 Å². The quantitative estimate of drug-likeness (QED) is 0.572. The van der Waals surface area contributed by atoms with Gasteiger partial charge in [-0.2, -0.15) is 0 Å². The minimum absolute atomic E-state index is 0.0724. The molecule has 4 N–H and O–H groups in total. The summed E-state index contributed by atoms with van der Waals surface area (Å²) >= 11 is 0. The van der Waals surface area contributed by atoms with Crippen molar-refractivity contribution < 1.29 is 15.3 Å². The number of rotatable bonds is 7. The molecule has 4 nitrogen and oxygen atoms in total. The monoisotopic (exact) mass is 265 g/mol. The van der Waals surface area contributed by atoms with Crippen molar-refractivity contribution in [3.05, 3.63) is 35.9 Å². The lowest BCUT2D eigenvalue weighted by Gasteiger charge is -2.39.